The van der Waals surface area contributed by atoms with E-state index >= 15 is 0 Å². The van der Waals surface area contributed by atoms with Gasteiger partial charge in [0, 0.05) is 13.1 Å². The molecule has 1 fully saturated rings. The number of nitrogens with zero attached hydrogens (tertiary/aromatic N) is 1. The third-order valence-corrected chi connectivity index (χ3v) is 5.43. The Bertz CT molecular complexity index is 348. The monoisotopic (exact) mass is 287 g/mol. The van der Waals surface area contributed by atoms with E-state index in [4.69, 9.17) is 0 Å². The number of rotatable bonds is 6. The van der Waals surface area contributed by atoms with Crippen molar-refractivity contribution < 1.29 is 21.6 Å². The van der Waals surface area contributed by atoms with E-state index in [0.717, 1.165) is 30.0 Å². The fourth-order valence-electron chi connectivity index (χ4n) is 2.33. The van der Waals surface area contributed by atoms with Crippen LogP contribution < -0.4 is 0 Å². The van der Waals surface area contributed by atoms with Crippen molar-refractivity contribution in [3.63, 3.8) is 0 Å². The van der Waals surface area contributed by atoms with Crippen LogP contribution in [0.25, 0.3) is 0 Å². The number of alkyl halides is 3. The third-order valence-electron chi connectivity index (χ3n) is 3.31. The van der Waals surface area contributed by atoms with Crippen LogP contribution in [0.1, 0.15) is 39.0 Å². The van der Waals surface area contributed by atoms with Crippen LogP contribution >= 0.6 is 0 Å². The molecule has 108 valence electrons. The number of halogens is 3. The van der Waals surface area contributed by atoms with Crippen molar-refractivity contribution in [3.8, 4) is 0 Å². The molecule has 0 unspecified atom stereocenters. The molecule has 0 aromatic heterocycles. The summed E-state index contributed by atoms with van der Waals surface area (Å²) in [6.45, 7) is 1.21. The first kappa shape index (κ1) is 15.8. The summed E-state index contributed by atoms with van der Waals surface area (Å²) in [5, 5.41) is 0. The molecule has 0 bridgehead atoms. The first-order chi connectivity index (χ1) is 8.24. The van der Waals surface area contributed by atoms with Gasteiger partial charge in [-0.15, -0.1) is 0 Å². The van der Waals surface area contributed by atoms with Crippen molar-refractivity contribution in [3.05, 3.63) is 0 Å². The van der Waals surface area contributed by atoms with E-state index in [9.17, 15) is 21.6 Å². The van der Waals surface area contributed by atoms with Gasteiger partial charge in [0.05, 0.1) is 12.2 Å². The van der Waals surface area contributed by atoms with Crippen molar-refractivity contribution in [1.29, 1.82) is 0 Å². The fourth-order valence-corrected chi connectivity index (χ4v) is 4.23. The van der Waals surface area contributed by atoms with Crippen molar-refractivity contribution >= 4 is 10.0 Å². The lowest BCUT2D eigenvalue weighted by molar-refractivity contribution is -0.135. The molecule has 0 radical (unpaired) electrons. The second kappa shape index (κ2) is 6.23. The van der Waals surface area contributed by atoms with Crippen molar-refractivity contribution in [2.75, 3.05) is 18.8 Å². The van der Waals surface area contributed by atoms with Crippen molar-refractivity contribution in [2.24, 2.45) is 5.92 Å². The predicted molar refractivity (Wildman–Crippen MR) is 63.7 cm³/mol. The van der Waals surface area contributed by atoms with E-state index in [0.29, 0.717) is 0 Å². The van der Waals surface area contributed by atoms with Gasteiger partial charge < -0.3 is 0 Å². The molecule has 0 saturated heterocycles. The molecule has 0 atom stereocenters. The smallest absolute Gasteiger partial charge is 0.212 e. The molecular weight excluding hydrogens is 267 g/mol. The van der Waals surface area contributed by atoms with E-state index < -0.39 is 29.2 Å². The Balaban J connectivity index is 2.56. The van der Waals surface area contributed by atoms with Crippen LogP contribution in [0, 0.1) is 5.92 Å². The Labute approximate surface area is 106 Å². The van der Waals surface area contributed by atoms with Gasteiger partial charge in [0.15, 0.2) is 0 Å². The van der Waals surface area contributed by atoms with Crippen LogP contribution in [-0.2, 0) is 10.0 Å². The molecule has 0 aliphatic heterocycles. The van der Waals surface area contributed by atoms with Crippen LogP contribution in [-0.4, -0.2) is 37.7 Å². The minimum Gasteiger partial charge on any atom is -0.212 e. The molecule has 1 aliphatic rings. The van der Waals surface area contributed by atoms with Crippen molar-refractivity contribution in [2.45, 2.75) is 45.2 Å². The second-order valence-electron chi connectivity index (χ2n) is 4.79. The van der Waals surface area contributed by atoms with Gasteiger partial charge in [-0.3, -0.25) is 0 Å². The Morgan fingerprint density at radius 1 is 1.22 bits per heavy atom. The molecule has 1 rings (SSSR count). The normalized spacial score (nSPS) is 18.7. The molecule has 0 aromatic carbocycles. The first-order valence-corrected chi connectivity index (χ1v) is 7.90. The van der Waals surface area contributed by atoms with Gasteiger partial charge in [-0.1, -0.05) is 19.8 Å². The molecule has 0 amide bonds. The first-order valence-electron chi connectivity index (χ1n) is 6.29. The van der Waals surface area contributed by atoms with E-state index in [2.05, 4.69) is 0 Å². The Hall–Kier alpha value is -0.300. The highest BCUT2D eigenvalue weighted by atomic mass is 32.2. The third kappa shape index (κ3) is 5.14. The summed E-state index contributed by atoms with van der Waals surface area (Å²) in [6.07, 6.45) is -1.60. The van der Waals surface area contributed by atoms with E-state index in [1.54, 1.807) is 6.92 Å². The summed E-state index contributed by atoms with van der Waals surface area (Å²) in [6, 6.07) is 0. The van der Waals surface area contributed by atoms with Gasteiger partial charge in [0.25, 0.3) is 0 Å². The van der Waals surface area contributed by atoms with Gasteiger partial charge >= 0.3 is 6.18 Å². The summed E-state index contributed by atoms with van der Waals surface area (Å²) >= 11 is 0. The van der Waals surface area contributed by atoms with Gasteiger partial charge in [-0.25, -0.2) is 12.7 Å². The zero-order chi connectivity index (χ0) is 13.8. The number of hydrogen-bond acceptors (Lipinski definition) is 2. The molecular formula is C11H20F3NO2S. The lowest BCUT2D eigenvalue weighted by Crippen LogP contribution is -2.37. The van der Waals surface area contributed by atoms with Crippen LogP contribution in [0.5, 0.6) is 0 Å². The maximum absolute atomic E-state index is 12.1. The van der Waals surface area contributed by atoms with E-state index in [1.807, 2.05) is 0 Å². The quantitative estimate of drug-likeness (QED) is 0.753. The highest BCUT2D eigenvalue weighted by Gasteiger charge is 2.32. The minimum atomic E-state index is -4.31. The Morgan fingerprint density at radius 2 is 1.78 bits per heavy atom. The Kier molecular flexibility index (Phi) is 5.46. The van der Waals surface area contributed by atoms with E-state index in [1.165, 1.54) is 0 Å². The molecule has 3 nitrogen and oxygen atoms in total. The molecule has 0 heterocycles. The highest BCUT2D eigenvalue weighted by Crippen LogP contribution is 2.27. The second-order valence-corrected chi connectivity index (χ2v) is 6.80. The number of hydrogen-bond donors (Lipinski definition) is 0. The summed E-state index contributed by atoms with van der Waals surface area (Å²) in [7, 11) is -3.54. The average Bonchev–Trinajstić information content (AvgIpc) is 2.68. The molecule has 0 spiro atoms. The minimum absolute atomic E-state index is 0.00129. The van der Waals surface area contributed by atoms with Gasteiger partial charge in [-0.05, 0) is 18.8 Å². The Morgan fingerprint density at radius 3 is 2.22 bits per heavy atom. The summed E-state index contributed by atoms with van der Waals surface area (Å²) in [4.78, 5) is 0. The summed E-state index contributed by atoms with van der Waals surface area (Å²) < 4.78 is 61.3. The molecule has 18 heavy (non-hydrogen) atoms. The SMILES string of the molecule is CCN(CCC(F)(F)F)S(=O)(=O)CC1CCCC1. The van der Waals surface area contributed by atoms with Gasteiger partial charge in [0.1, 0.15) is 0 Å². The largest absolute Gasteiger partial charge is 0.390 e. The van der Waals surface area contributed by atoms with Crippen molar-refractivity contribution in [1.82, 2.24) is 4.31 Å². The number of sulfonamides is 1. The summed E-state index contributed by atoms with van der Waals surface area (Å²) in [5.74, 6) is 0.119. The fraction of sp³-hybridized carbons (Fsp3) is 1.00. The lowest BCUT2D eigenvalue weighted by Gasteiger charge is -2.22. The predicted octanol–water partition coefficient (Wildman–Crippen LogP) is 2.78. The van der Waals surface area contributed by atoms with Crippen LogP contribution in [0.2, 0.25) is 0 Å². The van der Waals surface area contributed by atoms with Crippen LogP contribution in [0.4, 0.5) is 13.2 Å². The van der Waals surface area contributed by atoms with Gasteiger partial charge in [0.2, 0.25) is 10.0 Å². The average molecular weight is 287 g/mol. The van der Waals surface area contributed by atoms with E-state index in [-0.39, 0.29) is 18.2 Å². The molecule has 1 saturated carbocycles. The maximum Gasteiger partial charge on any atom is 0.390 e. The highest BCUT2D eigenvalue weighted by molar-refractivity contribution is 7.89. The zero-order valence-corrected chi connectivity index (χ0v) is 11.4. The molecule has 7 heteroatoms. The molecule has 0 N–H and O–H groups in total. The molecule has 0 aromatic rings. The topological polar surface area (TPSA) is 37.4 Å². The van der Waals surface area contributed by atoms with Crippen LogP contribution in [0.15, 0.2) is 0 Å². The molecule has 1 aliphatic carbocycles. The van der Waals surface area contributed by atoms with Crippen LogP contribution in [0.3, 0.4) is 0 Å². The standard InChI is InChI=1S/C11H20F3NO2S/c1-2-15(8-7-11(12,13)14)18(16,17)9-10-5-3-4-6-10/h10H,2-9H2,1H3. The summed E-state index contributed by atoms with van der Waals surface area (Å²) in [5.41, 5.74) is 0. The lowest BCUT2D eigenvalue weighted by atomic mass is 10.1. The van der Waals surface area contributed by atoms with Gasteiger partial charge in [-0.2, -0.15) is 13.2 Å². The maximum atomic E-state index is 12.1. The zero-order valence-electron chi connectivity index (χ0n) is 10.5.